The second-order valence-electron chi connectivity index (χ2n) is 5.94. The van der Waals surface area contributed by atoms with Gasteiger partial charge in [0.2, 0.25) is 11.8 Å². The van der Waals surface area contributed by atoms with E-state index in [-0.39, 0.29) is 37.1 Å². The molecule has 0 spiro atoms. The molecule has 1 aliphatic heterocycles. The Bertz CT molecular complexity index is 863. The molecule has 1 heterocycles. The highest BCUT2D eigenvalue weighted by Gasteiger charge is 2.30. The van der Waals surface area contributed by atoms with E-state index < -0.39 is 0 Å². The molecule has 0 bridgehead atoms. The van der Waals surface area contributed by atoms with Crippen LogP contribution in [0.25, 0.3) is 0 Å². The summed E-state index contributed by atoms with van der Waals surface area (Å²) >= 11 is 3.38. The van der Waals surface area contributed by atoms with Crippen LogP contribution in [0.5, 0.6) is 0 Å². The normalized spacial score (nSPS) is 13.6. The van der Waals surface area contributed by atoms with Crippen molar-refractivity contribution >= 4 is 39.3 Å². The van der Waals surface area contributed by atoms with Crippen LogP contribution in [-0.2, 0) is 16.0 Å². The standard InChI is InChI=1S/C19H17BrN2O3/c1-12-10-14(20)6-7-16(12)21-17(23)8-9-22-18(24)11-13-4-2-3-5-15(13)19(22)25/h2-7,10H,8-9,11H2,1H3,(H,21,23). The summed E-state index contributed by atoms with van der Waals surface area (Å²) < 4.78 is 0.936. The lowest BCUT2D eigenvalue weighted by molar-refractivity contribution is -0.128. The second kappa shape index (κ2) is 7.19. The van der Waals surface area contributed by atoms with Gasteiger partial charge in [0.25, 0.3) is 5.91 Å². The maximum Gasteiger partial charge on any atom is 0.260 e. The highest BCUT2D eigenvalue weighted by Crippen LogP contribution is 2.21. The van der Waals surface area contributed by atoms with E-state index in [9.17, 15) is 14.4 Å². The van der Waals surface area contributed by atoms with Crippen molar-refractivity contribution in [3.05, 3.63) is 63.6 Å². The molecule has 2 aromatic rings. The van der Waals surface area contributed by atoms with Crippen LogP contribution in [0.1, 0.15) is 27.9 Å². The highest BCUT2D eigenvalue weighted by atomic mass is 79.9. The third kappa shape index (κ3) is 3.79. The van der Waals surface area contributed by atoms with Crippen LogP contribution in [0.3, 0.4) is 0 Å². The molecule has 0 aromatic heterocycles. The van der Waals surface area contributed by atoms with E-state index in [0.29, 0.717) is 5.56 Å². The SMILES string of the molecule is Cc1cc(Br)ccc1NC(=O)CCN1C(=O)Cc2ccccc2C1=O. The number of nitrogens with one attached hydrogen (secondary N) is 1. The van der Waals surface area contributed by atoms with Gasteiger partial charge in [0.1, 0.15) is 0 Å². The average Bonchev–Trinajstić information content (AvgIpc) is 2.57. The van der Waals surface area contributed by atoms with Crippen molar-refractivity contribution < 1.29 is 14.4 Å². The fourth-order valence-electron chi connectivity index (χ4n) is 2.82. The summed E-state index contributed by atoms with van der Waals surface area (Å²) in [7, 11) is 0. The van der Waals surface area contributed by atoms with Crippen LogP contribution >= 0.6 is 15.9 Å². The molecule has 0 aliphatic carbocycles. The summed E-state index contributed by atoms with van der Waals surface area (Å²) in [6.45, 7) is 1.97. The number of imide groups is 1. The first kappa shape index (κ1) is 17.4. The largest absolute Gasteiger partial charge is 0.326 e. The Morgan fingerprint density at radius 3 is 2.72 bits per heavy atom. The van der Waals surface area contributed by atoms with Gasteiger partial charge >= 0.3 is 0 Å². The first-order chi connectivity index (χ1) is 12.0. The Morgan fingerprint density at radius 2 is 1.96 bits per heavy atom. The van der Waals surface area contributed by atoms with Gasteiger partial charge in [0.05, 0.1) is 6.42 Å². The van der Waals surface area contributed by atoms with Gasteiger partial charge in [-0.2, -0.15) is 0 Å². The number of amides is 3. The number of anilines is 1. The number of carbonyl (C=O) groups excluding carboxylic acids is 3. The Kier molecular flexibility index (Phi) is 4.99. The molecule has 128 valence electrons. The van der Waals surface area contributed by atoms with Crippen molar-refractivity contribution in [3.8, 4) is 0 Å². The quantitative estimate of drug-likeness (QED) is 0.800. The maximum absolute atomic E-state index is 12.5. The van der Waals surface area contributed by atoms with E-state index >= 15 is 0 Å². The van der Waals surface area contributed by atoms with Crippen molar-refractivity contribution in [2.24, 2.45) is 0 Å². The topological polar surface area (TPSA) is 66.5 Å². The van der Waals surface area contributed by atoms with Crippen LogP contribution < -0.4 is 5.32 Å². The van der Waals surface area contributed by atoms with Gasteiger partial charge in [-0.1, -0.05) is 34.1 Å². The summed E-state index contributed by atoms with van der Waals surface area (Å²) in [5, 5.41) is 2.82. The molecule has 0 atom stereocenters. The molecular formula is C19H17BrN2O3. The lowest BCUT2D eigenvalue weighted by atomic mass is 9.98. The summed E-state index contributed by atoms with van der Waals surface area (Å²) in [5.74, 6) is -0.833. The summed E-state index contributed by atoms with van der Waals surface area (Å²) in [4.78, 5) is 38.0. The summed E-state index contributed by atoms with van der Waals surface area (Å²) in [5.41, 5.74) is 2.92. The molecule has 3 rings (SSSR count). The predicted octanol–water partition coefficient (Wildman–Crippen LogP) is 3.31. The number of hydrogen-bond acceptors (Lipinski definition) is 3. The van der Waals surface area contributed by atoms with Crippen molar-refractivity contribution in [3.63, 3.8) is 0 Å². The van der Waals surface area contributed by atoms with Crippen molar-refractivity contribution in [2.45, 2.75) is 19.8 Å². The monoisotopic (exact) mass is 400 g/mol. The lowest BCUT2D eigenvalue weighted by Crippen LogP contribution is -2.43. The number of rotatable bonds is 4. The van der Waals surface area contributed by atoms with Crippen LogP contribution in [-0.4, -0.2) is 29.2 Å². The summed E-state index contributed by atoms with van der Waals surface area (Å²) in [6, 6.07) is 12.6. The molecule has 0 unspecified atom stereocenters. The molecule has 0 fully saturated rings. The van der Waals surface area contributed by atoms with Gasteiger partial charge in [-0.3, -0.25) is 19.3 Å². The molecular weight excluding hydrogens is 384 g/mol. The molecule has 6 heteroatoms. The number of aryl methyl sites for hydroxylation is 1. The molecule has 1 N–H and O–H groups in total. The van der Waals surface area contributed by atoms with Gasteiger partial charge in [-0.15, -0.1) is 0 Å². The molecule has 5 nitrogen and oxygen atoms in total. The van der Waals surface area contributed by atoms with E-state index in [0.717, 1.165) is 26.2 Å². The van der Waals surface area contributed by atoms with E-state index in [1.54, 1.807) is 18.2 Å². The minimum absolute atomic E-state index is 0.0646. The van der Waals surface area contributed by atoms with Crippen LogP contribution in [0, 0.1) is 6.92 Å². The second-order valence-corrected chi connectivity index (χ2v) is 6.86. The molecule has 1 aliphatic rings. The Labute approximate surface area is 154 Å². The fourth-order valence-corrected chi connectivity index (χ4v) is 3.30. The number of carbonyl (C=O) groups is 3. The molecule has 2 aromatic carbocycles. The summed E-state index contributed by atoms with van der Waals surface area (Å²) in [6.07, 6.45) is 0.254. The molecule has 0 radical (unpaired) electrons. The number of benzene rings is 2. The van der Waals surface area contributed by atoms with Gasteiger partial charge in [-0.05, 0) is 42.3 Å². The van der Waals surface area contributed by atoms with Gasteiger partial charge in [-0.25, -0.2) is 0 Å². The van der Waals surface area contributed by atoms with Crippen LogP contribution in [0.2, 0.25) is 0 Å². The van der Waals surface area contributed by atoms with Gasteiger partial charge in [0, 0.05) is 28.7 Å². The Morgan fingerprint density at radius 1 is 1.20 bits per heavy atom. The van der Waals surface area contributed by atoms with Crippen molar-refractivity contribution in [2.75, 3.05) is 11.9 Å². The zero-order valence-electron chi connectivity index (χ0n) is 13.7. The lowest BCUT2D eigenvalue weighted by Gasteiger charge is -2.26. The first-order valence-corrected chi connectivity index (χ1v) is 8.73. The molecule has 0 saturated carbocycles. The third-order valence-corrected chi connectivity index (χ3v) is 4.65. The van der Waals surface area contributed by atoms with E-state index in [4.69, 9.17) is 0 Å². The predicted molar refractivity (Wildman–Crippen MR) is 98.3 cm³/mol. The van der Waals surface area contributed by atoms with Crippen molar-refractivity contribution in [1.82, 2.24) is 4.90 Å². The minimum atomic E-state index is -0.334. The minimum Gasteiger partial charge on any atom is -0.326 e. The smallest absolute Gasteiger partial charge is 0.260 e. The van der Waals surface area contributed by atoms with Crippen LogP contribution in [0.4, 0.5) is 5.69 Å². The maximum atomic E-state index is 12.5. The highest BCUT2D eigenvalue weighted by molar-refractivity contribution is 9.10. The molecule has 25 heavy (non-hydrogen) atoms. The molecule has 0 saturated heterocycles. The number of hydrogen-bond donors (Lipinski definition) is 1. The zero-order valence-corrected chi connectivity index (χ0v) is 15.3. The fraction of sp³-hybridized carbons (Fsp3) is 0.211. The third-order valence-electron chi connectivity index (χ3n) is 4.16. The Hall–Kier alpha value is -2.47. The number of nitrogens with zero attached hydrogens (tertiary/aromatic N) is 1. The van der Waals surface area contributed by atoms with E-state index in [2.05, 4.69) is 21.2 Å². The van der Waals surface area contributed by atoms with Gasteiger partial charge in [0.15, 0.2) is 0 Å². The number of fused-ring (bicyclic) bond motifs is 1. The Balaban J connectivity index is 1.64. The van der Waals surface area contributed by atoms with E-state index in [1.807, 2.05) is 31.2 Å². The first-order valence-electron chi connectivity index (χ1n) is 7.94. The number of halogens is 1. The average molecular weight is 401 g/mol. The van der Waals surface area contributed by atoms with Crippen molar-refractivity contribution in [1.29, 1.82) is 0 Å². The molecule has 3 amide bonds. The van der Waals surface area contributed by atoms with Crippen LogP contribution in [0.15, 0.2) is 46.9 Å². The zero-order chi connectivity index (χ0) is 18.0. The van der Waals surface area contributed by atoms with Gasteiger partial charge < -0.3 is 5.32 Å². The van der Waals surface area contributed by atoms with E-state index in [1.165, 1.54) is 0 Å².